The quantitative estimate of drug-likeness (QED) is 0.804. The number of pyridine rings is 1. The van der Waals surface area contributed by atoms with Gasteiger partial charge in [0.25, 0.3) is 0 Å². The molecule has 0 saturated heterocycles. The van der Waals surface area contributed by atoms with Crippen molar-refractivity contribution in [3.8, 4) is 0 Å². The second-order valence-electron chi connectivity index (χ2n) is 3.11. The molecular formula is C9H8ClN3OS. The van der Waals surface area contributed by atoms with Crippen LogP contribution in [-0.4, -0.2) is 14.8 Å². The van der Waals surface area contributed by atoms with E-state index in [1.165, 1.54) is 17.4 Å². The van der Waals surface area contributed by atoms with Crippen molar-refractivity contribution in [3.63, 3.8) is 0 Å². The van der Waals surface area contributed by atoms with Crippen LogP contribution in [-0.2, 0) is 6.54 Å². The van der Waals surface area contributed by atoms with Gasteiger partial charge in [0.1, 0.15) is 5.01 Å². The molecule has 2 heterocycles. The zero-order valence-corrected chi connectivity index (χ0v) is 9.55. The van der Waals surface area contributed by atoms with Gasteiger partial charge in [-0.25, -0.2) is 0 Å². The van der Waals surface area contributed by atoms with Gasteiger partial charge in [0, 0.05) is 24.0 Å². The van der Waals surface area contributed by atoms with E-state index >= 15 is 0 Å². The van der Waals surface area contributed by atoms with Gasteiger partial charge in [-0.3, -0.25) is 4.79 Å². The van der Waals surface area contributed by atoms with Crippen molar-refractivity contribution >= 4 is 22.9 Å². The van der Waals surface area contributed by atoms with E-state index in [1.807, 2.05) is 4.57 Å². The van der Waals surface area contributed by atoms with E-state index in [0.717, 1.165) is 5.01 Å². The topological polar surface area (TPSA) is 47.8 Å². The molecule has 0 N–H and O–H groups in total. The molecule has 0 saturated carbocycles. The standard InChI is InChI=1S/C9H8ClN3OS/c1-6-4-13(3-2-7(6)14)5-8-11-12-9(10)15-8/h2-4H,5H2,1H3. The van der Waals surface area contributed by atoms with E-state index in [4.69, 9.17) is 11.6 Å². The lowest BCUT2D eigenvalue weighted by molar-refractivity contribution is 0.764. The third-order valence-electron chi connectivity index (χ3n) is 1.93. The van der Waals surface area contributed by atoms with Gasteiger partial charge in [-0.05, 0) is 18.5 Å². The Hall–Kier alpha value is -1.20. The second-order valence-corrected chi connectivity index (χ2v) is 4.76. The predicted molar refractivity (Wildman–Crippen MR) is 59.5 cm³/mol. The molecule has 0 aliphatic rings. The molecule has 0 atom stereocenters. The van der Waals surface area contributed by atoms with Crippen LogP contribution < -0.4 is 5.43 Å². The Labute approximate surface area is 95.2 Å². The minimum Gasteiger partial charge on any atom is -0.347 e. The Morgan fingerprint density at radius 2 is 2.33 bits per heavy atom. The van der Waals surface area contributed by atoms with Gasteiger partial charge in [0.2, 0.25) is 4.47 Å². The highest BCUT2D eigenvalue weighted by Gasteiger charge is 2.02. The molecule has 0 spiro atoms. The summed E-state index contributed by atoms with van der Waals surface area (Å²) in [4.78, 5) is 11.2. The lowest BCUT2D eigenvalue weighted by Gasteiger charge is -2.03. The molecule has 6 heteroatoms. The molecular weight excluding hydrogens is 234 g/mol. The van der Waals surface area contributed by atoms with Gasteiger partial charge < -0.3 is 4.57 Å². The summed E-state index contributed by atoms with van der Waals surface area (Å²) < 4.78 is 2.32. The Balaban J connectivity index is 2.25. The van der Waals surface area contributed by atoms with E-state index in [2.05, 4.69) is 10.2 Å². The van der Waals surface area contributed by atoms with Gasteiger partial charge in [-0.2, -0.15) is 0 Å². The molecule has 2 rings (SSSR count). The molecule has 0 aliphatic carbocycles. The fourth-order valence-electron chi connectivity index (χ4n) is 1.20. The highest BCUT2D eigenvalue weighted by Crippen LogP contribution is 2.15. The van der Waals surface area contributed by atoms with E-state index < -0.39 is 0 Å². The van der Waals surface area contributed by atoms with E-state index in [-0.39, 0.29) is 5.43 Å². The summed E-state index contributed by atoms with van der Waals surface area (Å²) in [7, 11) is 0. The first-order valence-corrected chi connectivity index (χ1v) is 5.49. The molecule has 2 aromatic heterocycles. The van der Waals surface area contributed by atoms with Crippen LogP contribution in [0.15, 0.2) is 23.3 Å². The average Bonchev–Trinajstić information content (AvgIpc) is 2.58. The summed E-state index contributed by atoms with van der Waals surface area (Å²) in [6, 6.07) is 1.54. The molecule has 0 unspecified atom stereocenters. The van der Waals surface area contributed by atoms with Gasteiger partial charge in [0.15, 0.2) is 5.43 Å². The summed E-state index contributed by atoms with van der Waals surface area (Å²) in [5, 5.41) is 8.43. The van der Waals surface area contributed by atoms with Crippen molar-refractivity contribution in [1.82, 2.24) is 14.8 Å². The van der Waals surface area contributed by atoms with E-state index in [9.17, 15) is 4.79 Å². The molecule has 15 heavy (non-hydrogen) atoms. The first kappa shape index (κ1) is 10.3. The van der Waals surface area contributed by atoms with Crippen LogP contribution in [0.25, 0.3) is 0 Å². The molecule has 0 radical (unpaired) electrons. The summed E-state index contributed by atoms with van der Waals surface area (Å²) in [5.41, 5.74) is 0.759. The van der Waals surface area contributed by atoms with Crippen molar-refractivity contribution in [2.24, 2.45) is 0 Å². The Morgan fingerprint density at radius 1 is 1.53 bits per heavy atom. The minimum absolute atomic E-state index is 0.0431. The maximum Gasteiger partial charge on any atom is 0.207 e. The fraction of sp³-hybridized carbons (Fsp3) is 0.222. The molecule has 4 nitrogen and oxygen atoms in total. The zero-order valence-electron chi connectivity index (χ0n) is 7.98. The summed E-state index contributed by atoms with van der Waals surface area (Å²) in [5.74, 6) is 0. The maximum atomic E-state index is 11.2. The number of aryl methyl sites for hydroxylation is 1. The zero-order chi connectivity index (χ0) is 10.8. The van der Waals surface area contributed by atoms with Gasteiger partial charge in [-0.1, -0.05) is 11.3 Å². The Bertz CT molecular complexity index is 534. The largest absolute Gasteiger partial charge is 0.347 e. The summed E-state index contributed by atoms with van der Waals surface area (Å²) in [6.07, 6.45) is 3.52. The lowest BCUT2D eigenvalue weighted by atomic mass is 10.3. The van der Waals surface area contributed by atoms with Crippen LogP contribution in [0, 0.1) is 6.92 Å². The molecule has 2 aromatic rings. The number of aromatic nitrogens is 3. The number of hydrogen-bond acceptors (Lipinski definition) is 4. The van der Waals surface area contributed by atoms with Crippen LogP contribution >= 0.6 is 22.9 Å². The van der Waals surface area contributed by atoms with Crippen LogP contribution in [0.5, 0.6) is 0 Å². The normalized spacial score (nSPS) is 10.5. The van der Waals surface area contributed by atoms with Crippen LogP contribution in [0.3, 0.4) is 0 Å². The Morgan fingerprint density at radius 3 is 2.93 bits per heavy atom. The van der Waals surface area contributed by atoms with Crippen molar-refractivity contribution in [3.05, 3.63) is 43.7 Å². The van der Waals surface area contributed by atoms with E-state index in [1.54, 1.807) is 19.3 Å². The summed E-state index contributed by atoms with van der Waals surface area (Å²) in [6.45, 7) is 2.37. The smallest absolute Gasteiger partial charge is 0.207 e. The average molecular weight is 242 g/mol. The number of rotatable bonds is 2. The Kier molecular flexibility index (Phi) is 2.83. The van der Waals surface area contributed by atoms with Crippen LogP contribution in [0.4, 0.5) is 0 Å². The van der Waals surface area contributed by atoms with E-state index in [0.29, 0.717) is 16.6 Å². The molecule has 0 aliphatic heterocycles. The first-order chi connectivity index (χ1) is 7.15. The van der Waals surface area contributed by atoms with Gasteiger partial charge >= 0.3 is 0 Å². The fourth-order valence-corrected chi connectivity index (χ4v) is 2.08. The van der Waals surface area contributed by atoms with Crippen molar-refractivity contribution in [2.45, 2.75) is 13.5 Å². The highest BCUT2D eigenvalue weighted by molar-refractivity contribution is 7.15. The SMILES string of the molecule is Cc1cn(Cc2nnc(Cl)s2)ccc1=O. The van der Waals surface area contributed by atoms with Crippen molar-refractivity contribution < 1.29 is 0 Å². The molecule has 78 valence electrons. The number of halogens is 1. The van der Waals surface area contributed by atoms with Crippen molar-refractivity contribution in [2.75, 3.05) is 0 Å². The maximum absolute atomic E-state index is 11.2. The van der Waals surface area contributed by atoms with Crippen molar-refractivity contribution in [1.29, 1.82) is 0 Å². The van der Waals surface area contributed by atoms with Crippen LogP contribution in [0.2, 0.25) is 4.47 Å². The monoisotopic (exact) mass is 241 g/mol. The lowest BCUT2D eigenvalue weighted by Crippen LogP contribution is -2.09. The minimum atomic E-state index is 0.0431. The predicted octanol–water partition coefficient (Wildman–Crippen LogP) is 1.71. The highest BCUT2D eigenvalue weighted by atomic mass is 35.5. The second kappa shape index (κ2) is 4.12. The first-order valence-electron chi connectivity index (χ1n) is 4.30. The summed E-state index contributed by atoms with van der Waals surface area (Å²) >= 11 is 7.01. The third kappa shape index (κ3) is 2.43. The number of nitrogens with zero attached hydrogens (tertiary/aromatic N) is 3. The number of hydrogen-bond donors (Lipinski definition) is 0. The molecule has 0 fully saturated rings. The molecule has 0 aromatic carbocycles. The van der Waals surface area contributed by atoms with Gasteiger partial charge in [-0.15, -0.1) is 10.2 Å². The van der Waals surface area contributed by atoms with Crippen LogP contribution in [0.1, 0.15) is 10.6 Å². The molecule has 0 amide bonds. The molecule has 0 bridgehead atoms. The van der Waals surface area contributed by atoms with Gasteiger partial charge in [0.05, 0.1) is 6.54 Å². The third-order valence-corrected chi connectivity index (χ3v) is 2.93.